The molecule has 0 aliphatic heterocycles. The Morgan fingerprint density at radius 2 is 2.00 bits per heavy atom. The SMILES string of the molecule is Cc1cc(NN)c2cccc(OC(F)(F)F)c2n1.Cl. The van der Waals surface area contributed by atoms with Crippen molar-refractivity contribution in [1.29, 1.82) is 0 Å². The molecular weight excluding hydrogens is 283 g/mol. The molecular formula is C11H11ClF3N3O. The predicted octanol–water partition coefficient (Wildman–Crippen LogP) is 3.15. The summed E-state index contributed by atoms with van der Waals surface area (Å²) in [5.74, 6) is 4.97. The number of nitrogens with one attached hydrogen (secondary N) is 1. The molecule has 0 saturated carbocycles. The number of rotatable bonds is 2. The summed E-state index contributed by atoms with van der Waals surface area (Å²) in [6.45, 7) is 1.66. The fourth-order valence-electron chi connectivity index (χ4n) is 1.68. The van der Waals surface area contributed by atoms with Crippen LogP contribution in [0.3, 0.4) is 0 Å². The van der Waals surface area contributed by atoms with Gasteiger partial charge in [0.2, 0.25) is 0 Å². The van der Waals surface area contributed by atoms with E-state index in [1.807, 2.05) is 0 Å². The number of fused-ring (bicyclic) bond motifs is 1. The van der Waals surface area contributed by atoms with Gasteiger partial charge in [-0.3, -0.25) is 5.84 Å². The van der Waals surface area contributed by atoms with Gasteiger partial charge in [-0.25, -0.2) is 4.98 Å². The Morgan fingerprint density at radius 3 is 2.58 bits per heavy atom. The van der Waals surface area contributed by atoms with Crippen LogP contribution in [0, 0.1) is 6.92 Å². The number of hydrazine groups is 1. The van der Waals surface area contributed by atoms with Crippen LogP contribution < -0.4 is 16.0 Å². The smallest absolute Gasteiger partial charge is 0.403 e. The lowest BCUT2D eigenvalue weighted by Gasteiger charge is -2.13. The molecule has 0 atom stereocenters. The van der Waals surface area contributed by atoms with Crippen LogP contribution in [0.25, 0.3) is 10.9 Å². The molecule has 0 aliphatic rings. The molecule has 0 unspecified atom stereocenters. The van der Waals surface area contributed by atoms with E-state index in [0.717, 1.165) is 0 Å². The lowest BCUT2D eigenvalue weighted by molar-refractivity contribution is -0.274. The van der Waals surface area contributed by atoms with E-state index in [0.29, 0.717) is 16.8 Å². The number of aryl methyl sites for hydroxylation is 1. The Balaban J connectivity index is 0.00000180. The normalized spacial score (nSPS) is 11.0. The highest BCUT2D eigenvalue weighted by molar-refractivity contribution is 5.94. The molecule has 8 heteroatoms. The van der Waals surface area contributed by atoms with Crippen molar-refractivity contribution in [3.8, 4) is 5.75 Å². The van der Waals surface area contributed by atoms with Gasteiger partial charge in [-0.05, 0) is 19.1 Å². The van der Waals surface area contributed by atoms with Gasteiger partial charge in [0.1, 0.15) is 5.52 Å². The summed E-state index contributed by atoms with van der Waals surface area (Å²) in [6.07, 6.45) is -4.75. The van der Waals surface area contributed by atoms with Crippen molar-refractivity contribution in [3.63, 3.8) is 0 Å². The Labute approximate surface area is 113 Å². The molecule has 3 N–H and O–H groups in total. The first-order chi connectivity index (χ1) is 8.40. The summed E-state index contributed by atoms with van der Waals surface area (Å²) in [5.41, 5.74) is 3.56. The van der Waals surface area contributed by atoms with Gasteiger partial charge in [0.15, 0.2) is 5.75 Å². The van der Waals surface area contributed by atoms with E-state index in [9.17, 15) is 13.2 Å². The maximum atomic E-state index is 12.3. The van der Waals surface area contributed by atoms with Crippen molar-refractivity contribution in [1.82, 2.24) is 4.98 Å². The summed E-state index contributed by atoms with van der Waals surface area (Å²) >= 11 is 0. The van der Waals surface area contributed by atoms with Gasteiger partial charge in [0, 0.05) is 11.1 Å². The molecule has 4 nitrogen and oxygen atoms in total. The molecule has 0 aliphatic carbocycles. The van der Waals surface area contributed by atoms with Crippen LogP contribution in [-0.2, 0) is 0 Å². The average molecular weight is 294 g/mol. The van der Waals surface area contributed by atoms with E-state index in [1.165, 1.54) is 12.1 Å². The molecule has 19 heavy (non-hydrogen) atoms. The molecule has 1 aromatic heterocycles. The fraction of sp³-hybridized carbons (Fsp3) is 0.182. The molecule has 0 bridgehead atoms. The topological polar surface area (TPSA) is 60.2 Å². The van der Waals surface area contributed by atoms with E-state index < -0.39 is 6.36 Å². The van der Waals surface area contributed by atoms with Crippen molar-refractivity contribution < 1.29 is 17.9 Å². The van der Waals surface area contributed by atoms with Gasteiger partial charge in [0.25, 0.3) is 0 Å². The van der Waals surface area contributed by atoms with E-state index >= 15 is 0 Å². The van der Waals surface area contributed by atoms with E-state index in [2.05, 4.69) is 15.1 Å². The molecule has 1 heterocycles. The Hall–Kier alpha value is -1.73. The number of anilines is 1. The van der Waals surface area contributed by atoms with E-state index in [4.69, 9.17) is 5.84 Å². The molecule has 2 rings (SSSR count). The molecule has 0 fully saturated rings. The molecule has 2 aromatic rings. The molecule has 0 saturated heterocycles. The Morgan fingerprint density at radius 1 is 1.32 bits per heavy atom. The first-order valence-electron chi connectivity index (χ1n) is 5.03. The van der Waals surface area contributed by atoms with Crippen LogP contribution >= 0.6 is 12.4 Å². The standard InChI is InChI=1S/C11H10F3N3O.ClH/c1-6-5-8(17-15)7-3-2-4-9(10(7)16-6)18-11(12,13)14;/h2-5H,15H2,1H3,(H,16,17);1H. The third kappa shape index (κ3) is 3.39. The zero-order chi connectivity index (χ0) is 13.3. The minimum atomic E-state index is -4.75. The van der Waals surface area contributed by atoms with Crippen LogP contribution in [0.2, 0.25) is 0 Å². The number of nitrogens with zero attached hydrogens (tertiary/aromatic N) is 1. The number of para-hydroxylation sites is 1. The van der Waals surface area contributed by atoms with Crippen molar-refractivity contribution in [2.24, 2.45) is 5.84 Å². The number of hydrogen-bond acceptors (Lipinski definition) is 4. The highest BCUT2D eigenvalue weighted by atomic mass is 35.5. The number of nitrogen functional groups attached to an aromatic ring is 1. The molecule has 104 valence electrons. The van der Waals surface area contributed by atoms with E-state index in [1.54, 1.807) is 19.1 Å². The predicted molar refractivity (Wildman–Crippen MR) is 68.2 cm³/mol. The highest BCUT2D eigenvalue weighted by Crippen LogP contribution is 2.32. The summed E-state index contributed by atoms with van der Waals surface area (Å²) in [7, 11) is 0. The first-order valence-corrected chi connectivity index (χ1v) is 5.03. The maximum absolute atomic E-state index is 12.3. The van der Waals surface area contributed by atoms with Gasteiger partial charge >= 0.3 is 6.36 Å². The van der Waals surface area contributed by atoms with Crippen LogP contribution in [0.4, 0.5) is 18.9 Å². The number of aromatic nitrogens is 1. The lowest BCUT2D eigenvalue weighted by Crippen LogP contribution is -2.17. The number of alkyl halides is 3. The van der Waals surface area contributed by atoms with Crippen LogP contribution in [0.1, 0.15) is 5.69 Å². The quantitative estimate of drug-likeness (QED) is 0.659. The summed E-state index contributed by atoms with van der Waals surface area (Å²) < 4.78 is 40.7. The lowest BCUT2D eigenvalue weighted by atomic mass is 10.1. The average Bonchev–Trinajstić information content (AvgIpc) is 2.27. The van der Waals surface area contributed by atoms with Crippen LogP contribution in [0.15, 0.2) is 24.3 Å². The summed E-state index contributed by atoms with van der Waals surface area (Å²) in [6, 6.07) is 5.91. The minimum Gasteiger partial charge on any atom is -0.403 e. The van der Waals surface area contributed by atoms with Gasteiger partial charge in [0.05, 0.1) is 5.69 Å². The Kier molecular flexibility index (Phi) is 4.43. The summed E-state index contributed by atoms with van der Waals surface area (Å²) in [4.78, 5) is 4.05. The van der Waals surface area contributed by atoms with Gasteiger partial charge in [-0.2, -0.15) is 0 Å². The van der Waals surface area contributed by atoms with Crippen molar-refractivity contribution in [2.45, 2.75) is 13.3 Å². The van der Waals surface area contributed by atoms with Gasteiger partial charge in [-0.1, -0.05) is 12.1 Å². The fourth-order valence-corrected chi connectivity index (χ4v) is 1.68. The molecule has 0 amide bonds. The second-order valence-corrected chi connectivity index (χ2v) is 3.66. The highest BCUT2D eigenvalue weighted by Gasteiger charge is 2.32. The maximum Gasteiger partial charge on any atom is 0.573 e. The third-order valence-electron chi connectivity index (χ3n) is 2.31. The van der Waals surface area contributed by atoms with Crippen molar-refractivity contribution in [2.75, 3.05) is 5.43 Å². The van der Waals surface area contributed by atoms with Crippen molar-refractivity contribution in [3.05, 3.63) is 30.0 Å². The first kappa shape index (κ1) is 15.3. The van der Waals surface area contributed by atoms with E-state index in [-0.39, 0.29) is 23.7 Å². The molecule has 0 spiro atoms. The second-order valence-electron chi connectivity index (χ2n) is 3.66. The zero-order valence-corrected chi connectivity index (χ0v) is 10.6. The third-order valence-corrected chi connectivity index (χ3v) is 2.31. The number of hydrogen-bond donors (Lipinski definition) is 2. The van der Waals surface area contributed by atoms with Crippen LogP contribution in [-0.4, -0.2) is 11.3 Å². The van der Waals surface area contributed by atoms with Crippen LogP contribution in [0.5, 0.6) is 5.75 Å². The Bertz CT molecular complexity index is 589. The number of pyridine rings is 1. The number of benzene rings is 1. The van der Waals surface area contributed by atoms with Crippen molar-refractivity contribution >= 4 is 29.0 Å². The summed E-state index contributed by atoms with van der Waals surface area (Å²) in [5, 5.41) is 0.463. The minimum absolute atomic E-state index is 0. The second kappa shape index (κ2) is 5.50. The number of ether oxygens (including phenoxy) is 1. The zero-order valence-electron chi connectivity index (χ0n) is 9.78. The van der Waals surface area contributed by atoms with Gasteiger partial charge < -0.3 is 10.2 Å². The monoisotopic (exact) mass is 293 g/mol. The molecule has 1 aromatic carbocycles. The van der Waals surface area contributed by atoms with Gasteiger partial charge in [-0.15, -0.1) is 25.6 Å². The number of nitrogens with two attached hydrogens (primary N) is 1. The largest absolute Gasteiger partial charge is 0.573 e. The molecule has 0 radical (unpaired) electrons. The number of halogens is 4.